The molecule has 0 amide bonds. The third-order valence-corrected chi connectivity index (χ3v) is 6.69. The molecular weight excluding hydrogens is 415 g/mol. The van der Waals surface area contributed by atoms with Gasteiger partial charge < -0.3 is 4.57 Å². The molecular formula is C16H12F3N5O2S2. The number of aromatic nitrogens is 5. The summed E-state index contributed by atoms with van der Waals surface area (Å²) in [6, 6.07) is 3.81. The summed E-state index contributed by atoms with van der Waals surface area (Å²) in [7, 11) is -2.06. The Labute approximate surface area is 161 Å². The fourth-order valence-electron chi connectivity index (χ4n) is 2.88. The Morgan fingerprint density at radius 1 is 1.11 bits per heavy atom. The van der Waals surface area contributed by atoms with E-state index in [-0.39, 0.29) is 27.6 Å². The summed E-state index contributed by atoms with van der Waals surface area (Å²) in [5.41, 5.74) is 0.520. The molecule has 0 N–H and O–H groups in total. The zero-order valence-corrected chi connectivity index (χ0v) is 16.2. The van der Waals surface area contributed by atoms with Gasteiger partial charge in [0.2, 0.25) is 0 Å². The van der Waals surface area contributed by atoms with Crippen LogP contribution in [-0.4, -0.2) is 37.5 Å². The van der Waals surface area contributed by atoms with Crippen LogP contribution >= 0.6 is 11.7 Å². The van der Waals surface area contributed by atoms with Gasteiger partial charge in [0.1, 0.15) is 22.6 Å². The molecule has 0 atom stereocenters. The topological polar surface area (TPSA) is 90.6 Å². The fourth-order valence-corrected chi connectivity index (χ4v) is 4.48. The summed E-state index contributed by atoms with van der Waals surface area (Å²) < 4.78 is 73.8. The quantitative estimate of drug-likeness (QED) is 0.497. The zero-order chi connectivity index (χ0) is 20.3. The lowest BCUT2D eigenvalue weighted by Crippen LogP contribution is -2.07. The van der Waals surface area contributed by atoms with E-state index >= 15 is 0 Å². The van der Waals surface area contributed by atoms with Gasteiger partial charge in [0.05, 0.1) is 39.6 Å². The molecule has 146 valence electrons. The lowest BCUT2D eigenvalue weighted by molar-refractivity contribution is -0.141. The first-order valence-corrected chi connectivity index (χ1v) is 10.4. The Bertz CT molecular complexity index is 1330. The van der Waals surface area contributed by atoms with E-state index in [1.165, 1.54) is 17.6 Å². The van der Waals surface area contributed by atoms with Crippen molar-refractivity contribution in [1.82, 2.24) is 23.3 Å². The van der Waals surface area contributed by atoms with E-state index in [0.29, 0.717) is 16.6 Å². The molecule has 0 aliphatic carbocycles. The Kier molecular flexibility index (Phi) is 4.16. The maximum atomic E-state index is 13.0. The number of nitrogens with zero attached hydrogens (tertiary/aromatic N) is 5. The first kappa shape index (κ1) is 18.7. The monoisotopic (exact) mass is 427 g/mol. The minimum atomic E-state index is -4.60. The molecule has 4 aromatic rings. The molecule has 0 aliphatic heterocycles. The van der Waals surface area contributed by atoms with Crippen LogP contribution in [0.2, 0.25) is 0 Å². The van der Waals surface area contributed by atoms with Crippen LogP contribution in [0.1, 0.15) is 12.6 Å². The summed E-state index contributed by atoms with van der Waals surface area (Å²) in [5.74, 6) is 0.0605. The Balaban J connectivity index is 2.03. The predicted octanol–water partition coefficient (Wildman–Crippen LogP) is 3.45. The van der Waals surface area contributed by atoms with Crippen molar-refractivity contribution in [2.45, 2.75) is 18.0 Å². The van der Waals surface area contributed by atoms with Crippen molar-refractivity contribution < 1.29 is 21.6 Å². The van der Waals surface area contributed by atoms with E-state index < -0.39 is 21.7 Å². The van der Waals surface area contributed by atoms with Gasteiger partial charge in [-0.25, -0.2) is 18.4 Å². The number of pyridine rings is 1. The Hall–Kier alpha value is -2.60. The molecule has 12 heteroatoms. The minimum Gasteiger partial charge on any atom is -0.326 e. The first-order valence-electron chi connectivity index (χ1n) is 8.01. The Morgan fingerprint density at radius 2 is 1.79 bits per heavy atom. The molecule has 0 radical (unpaired) electrons. The third kappa shape index (κ3) is 2.92. The molecule has 3 aromatic heterocycles. The SMILES string of the molecule is CCS(=O)(=O)c1cc2nsnc2cc1-c1nc2cc(C(F)(F)F)ncc2n1C. The average molecular weight is 427 g/mol. The van der Waals surface area contributed by atoms with Gasteiger partial charge in [-0.2, -0.15) is 21.9 Å². The summed E-state index contributed by atoms with van der Waals surface area (Å²) in [4.78, 5) is 7.73. The van der Waals surface area contributed by atoms with Crippen molar-refractivity contribution in [1.29, 1.82) is 0 Å². The molecule has 0 bridgehead atoms. The van der Waals surface area contributed by atoms with Crippen molar-refractivity contribution in [3.8, 4) is 11.4 Å². The normalized spacial score (nSPS) is 12.9. The average Bonchev–Trinajstić information content (AvgIpc) is 3.23. The van der Waals surface area contributed by atoms with E-state index in [9.17, 15) is 21.6 Å². The van der Waals surface area contributed by atoms with Crippen LogP contribution in [-0.2, 0) is 23.1 Å². The summed E-state index contributed by atoms with van der Waals surface area (Å²) in [6.07, 6.45) is -3.53. The van der Waals surface area contributed by atoms with Crippen molar-refractivity contribution in [2.75, 3.05) is 5.75 Å². The maximum Gasteiger partial charge on any atom is 0.433 e. The molecule has 7 nitrogen and oxygen atoms in total. The number of aryl methyl sites for hydroxylation is 1. The van der Waals surface area contributed by atoms with Gasteiger partial charge in [0.15, 0.2) is 9.84 Å². The molecule has 0 saturated carbocycles. The van der Waals surface area contributed by atoms with Gasteiger partial charge in [0.25, 0.3) is 0 Å². The predicted molar refractivity (Wildman–Crippen MR) is 97.6 cm³/mol. The highest BCUT2D eigenvalue weighted by molar-refractivity contribution is 7.91. The fraction of sp³-hybridized carbons (Fsp3) is 0.250. The minimum absolute atomic E-state index is 0.0117. The molecule has 0 saturated heterocycles. The van der Waals surface area contributed by atoms with Gasteiger partial charge in [-0.1, -0.05) is 6.92 Å². The van der Waals surface area contributed by atoms with E-state index in [1.807, 2.05) is 0 Å². The summed E-state index contributed by atoms with van der Waals surface area (Å²) >= 11 is 0.941. The number of hydrogen-bond acceptors (Lipinski definition) is 7. The largest absolute Gasteiger partial charge is 0.433 e. The van der Waals surface area contributed by atoms with Gasteiger partial charge in [-0.3, -0.25) is 0 Å². The van der Waals surface area contributed by atoms with Gasteiger partial charge in [-0.15, -0.1) is 0 Å². The van der Waals surface area contributed by atoms with E-state index in [1.54, 1.807) is 13.1 Å². The van der Waals surface area contributed by atoms with Crippen LogP contribution in [0.25, 0.3) is 33.5 Å². The summed E-state index contributed by atoms with van der Waals surface area (Å²) in [5, 5.41) is 0. The standard InChI is InChI=1S/C16H12F3N5O2S2/c1-3-28(25,26)13-5-10-9(22-27-23-10)4-8(13)15-21-11-6-14(16(17,18)19)20-7-12(11)24(15)2/h4-7H,3H2,1-2H3. The number of imidazole rings is 1. The molecule has 0 unspecified atom stereocenters. The number of alkyl halides is 3. The molecule has 4 rings (SSSR count). The van der Waals surface area contributed by atoms with Crippen LogP contribution < -0.4 is 0 Å². The highest BCUT2D eigenvalue weighted by Gasteiger charge is 2.33. The highest BCUT2D eigenvalue weighted by Crippen LogP contribution is 2.34. The zero-order valence-electron chi connectivity index (χ0n) is 14.5. The highest BCUT2D eigenvalue weighted by atomic mass is 32.2. The lowest BCUT2D eigenvalue weighted by Gasteiger charge is -2.09. The number of halogens is 3. The van der Waals surface area contributed by atoms with E-state index in [4.69, 9.17) is 0 Å². The molecule has 28 heavy (non-hydrogen) atoms. The third-order valence-electron chi connectivity index (χ3n) is 4.37. The van der Waals surface area contributed by atoms with Crippen molar-refractivity contribution >= 4 is 43.6 Å². The number of fused-ring (bicyclic) bond motifs is 2. The number of rotatable bonds is 3. The second-order valence-corrected chi connectivity index (χ2v) is 8.83. The lowest BCUT2D eigenvalue weighted by atomic mass is 10.2. The second-order valence-electron chi connectivity index (χ2n) is 6.06. The van der Waals surface area contributed by atoms with Crippen molar-refractivity contribution in [3.05, 3.63) is 30.1 Å². The Morgan fingerprint density at radius 3 is 2.43 bits per heavy atom. The van der Waals surface area contributed by atoms with Crippen molar-refractivity contribution in [3.63, 3.8) is 0 Å². The van der Waals surface area contributed by atoms with Crippen LogP contribution in [0, 0.1) is 0 Å². The van der Waals surface area contributed by atoms with E-state index in [2.05, 4.69) is 18.7 Å². The van der Waals surface area contributed by atoms with E-state index in [0.717, 1.165) is 24.0 Å². The molecule has 0 aliphatic rings. The van der Waals surface area contributed by atoms with Gasteiger partial charge in [0, 0.05) is 12.6 Å². The summed E-state index contributed by atoms with van der Waals surface area (Å²) in [6.45, 7) is 1.51. The van der Waals surface area contributed by atoms with Crippen LogP contribution in [0.5, 0.6) is 0 Å². The number of hydrogen-bond donors (Lipinski definition) is 0. The maximum absolute atomic E-state index is 13.0. The first-order chi connectivity index (χ1) is 13.1. The number of benzene rings is 1. The molecule has 0 spiro atoms. The second kappa shape index (κ2) is 6.21. The molecule has 0 fully saturated rings. The van der Waals surface area contributed by atoms with Gasteiger partial charge >= 0.3 is 6.18 Å². The van der Waals surface area contributed by atoms with Crippen LogP contribution in [0.3, 0.4) is 0 Å². The van der Waals surface area contributed by atoms with Crippen LogP contribution in [0.4, 0.5) is 13.2 Å². The smallest absolute Gasteiger partial charge is 0.326 e. The van der Waals surface area contributed by atoms with Crippen LogP contribution in [0.15, 0.2) is 29.3 Å². The van der Waals surface area contributed by atoms with Gasteiger partial charge in [-0.05, 0) is 18.2 Å². The number of sulfone groups is 1. The molecule has 1 aromatic carbocycles. The molecule has 3 heterocycles. The van der Waals surface area contributed by atoms with Crippen molar-refractivity contribution in [2.24, 2.45) is 7.05 Å².